The molecule has 3 saturated heterocycles. The summed E-state index contributed by atoms with van der Waals surface area (Å²) in [5.41, 5.74) is 3.74. The molecule has 9 rings (SSSR count). The number of nitrogens with zero attached hydrogens (tertiary/aromatic N) is 4. The van der Waals surface area contributed by atoms with Gasteiger partial charge in [0, 0.05) is 80.9 Å². The van der Waals surface area contributed by atoms with Crippen LogP contribution in [0.4, 0.5) is 11.4 Å². The Morgan fingerprint density at radius 2 is 1.08 bits per heavy atom. The summed E-state index contributed by atoms with van der Waals surface area (Å²) in [4.78, 5) is 57.8. The van der Waals surface area contributed by atoms with Crippen molar-refractivity contribution in [1.82, 2.24) is 14.7 Å². The monoisotopic (exact) mass is 1090 g/mol. The second-order valence-corrected chi connectivity index (χ2v) is 19.3. The number of amides is 3. The number of carbonyl (C=O) groups is 4. The number of carboxylic acid groups (broad SMARTS) is 1. The Kier molecular flexibility index (Phi) is 14.9. The summed E-state index contributed by atoms with van der Waals surface area (Å²) in [5.74, 6) is -1.18. The van der Waals surface area contributed by atoms with Crippen LogP contribution in [-0.4, -0.2) is 102 Å². The van der Waals surface area contributed by atoms with E-state index in [1.165, 1.54) is 12.5 Å². The molecule has 3 amide bonds. The third kappa shape index (κ3) is 10.3. The molecule has 18 heteroatoms. The number of carboxylic acids is 1. The molecule has 3 aliphatic rings. The van der Waals surface area contributed by atoms with Crippen LogP contribution in [0.1, 0.15) is 80.4 Å². The Balaban J connectivity index is 0.000000179. The highest BCUT2D eigenvalue weighted by atomic mass is 79.9. The fourth-order valence-corrected chi connectivity index (χ4v) is 10.9. The second kappa shape index (κ2) is 20.6. The SMILES string of the molecule is O=C(O)c1cc2c(Br)c(NC3CCN(C(=O)c4c(Cl)cccc4Cl)CC3)ccc2o1.O=C(c1cc2c(Br)c(N3CCCN(C(=O)c4c(Cl)cccc4Cl)CC3)ccc2o1)N1CCCCC1. The first-order valence-corrected chi connectivity index (χ1v) is 24.3. The minimum atomic E-state index is -1.11. The van der Waals surface area contributed by atoms with Gasteiger partial charge in [0.2, 0.25) is 5.76 Å². The number of anilines is 2. The smallest absolute Gasteiger partial charge is 0.371 e. The predicted octanol–water partition coefficient (Wildman–Crippen LogP) is 12.4. The average molecular weight is 1090 g/mol. The number of nitrogens with one attached hydrogen (secondary N) is 1. The van der Waals surface area contributed by atoms with Crippen molar-refractivity contribution >= 4 is 135 Å². The highest BCUT2D eigenvalue weighted by Crippen LogP contribution is 2.38. The van der Waals surface area contributed by atoms with Crippen LogP contribution in [-0.2, 0) is 0 Å². The first kappa shape index (κ1) is 47.1. The number of halogens is 6. The standard InChI is InChI=1S/C26H26BrCl2N3O3.C21H17BrCl2N2O4/c27-24-17-16-22(25(33)31-10-2-1-3-11-31)35-21(17)9-8-20(24)30-12-5-13-32(15-14-30)26(34)23-18(28)6-4-7-19(23)29;22-19-12-10-17(21(28)29)30-16(12)5-4-15(19)25-11-6-8-26(9-7-11)20(27)18-13(23)2-1-3-14(18)24/h4,6-9,16H,1-3,5,10-15H2;1-5,10-11,25H,6-9H2,(H,28,29). The molecule has 3 aliphatic heterocycles. The number of rotatable bonds is 7. The molecule has 65 heavy (non-hydrogen) atoms. The number of hydrogen-bond donors (Lipinski definition) is 2. The molecule has 12 nitrogen and oxygen atoms in total. The maximum atomic E-state index is 13.2. The lowest BCUT2D eigenvalue weighted by Gasteiger charge is -2.33. The van der Waals surface area contributed by atoms with Crippen LogP contribution in [0.15, 0.2) is 90.6 Å². The van der Waals surface area contributed by atoms with Gasteiger partial charge in [-0.05, 0) is 125 Å². The zero-order valence-corrected chi connectivity index (χ0v) is 41.1. The van der Waals surface area contributed by atoms with E-state index in [9.17, 15) is 19.2 Å². The van der Waals surface area contributed by atoms with Crippen molar-refractivity contribution in [3.8, 4) is 0 Å². The molecule has 0 saturated carbocycles. The molecule has 0 unspecified atom stereocenters. The summed E-state index contributed by atoms with van der Waals surface area (Å²) in [6.45, 7) is 5.35. The van der Waals surface area contributed by atoms with Crippen LogP contribution < -0.4 is 10.2 Å². The van der Waals surface area contributed by atoms with Crippen LogP contribution in [0.5, 0.6) is 0 Å². The fraction of sp³-hybridized carbons (Fsp3) is 0.319. The minimum Gasteiger partial charge on any atom is -0.475 e. The molecule has 0 spiro atoms. The topological polar surface area (TPSA) is 140 Å². The van der Waals surface area contributed by atoms with Crippen molar-refractivity contribution in [3.05, 3.63) is 124 Å². The molecule has 5 heterocycles. The van der Waals surface area contributed by atoms with E-state index in [-0.39, 0.29) is 29.5 Å². The maximum Gasteiger partial charge on any atom is 0.371 e. The zero-order valence-electron chi connectivity index (χ0n) is 34.9. The van der Waals surface area contributed by atoms with Crippen molar-refractivity contribution in [2.75, 3.05) is 62.6 Å². The van der Waals surface area contributed by atoms with E-state index in [0.717, 1.165) is 77.4 Å². The summed E-state index contributed by atoms with van der Waals surface area (Å²) in [6.07, 6.45) is 5.56. The van der Waals surface area contributed by atoms with E-state index >= 15 is 0 Å². The minimum absolute atomic E-state index is 0.0449. The molecule has 0 aliphatic carbocycles. The lowest BCUT2D eigenvalue weighted by molar-refractivity contribution is 0.0661. The third-order valence-electron chi connectivity index (χ3n) is 11.9. The molecule has 0 bridgehead atoms. The lowest BCUT2D eigenvalue weighted by atomic mass is 10.0. The molecule has 2 N–H and O–H groups in total. The Morgan fingerprint density at radius 3 is 1.68 bits per heavy atom. The molecule has 0 atom stereocenters. The Labute approximate surface area is 411 Å². The van der Waals surface area contributed by atoms with Gasteiger partial charge in [-0.1, -0.05) is 58.5 Å². The third-order valence-corrected chi connectivity index (χ3v) is 14.9. The summed E-state index contributed by atoms with van der Waals surface area (Å²) in [6, 6.07) is 21.2. The van der Waals surface area contributed by atoms with Crippen molar-refractivity contribution < 1.29 is 33.1 Å². The van der Waals surface area contributed by atoms with Crippen molar-refractivity contribution in [2.45, 2.75) is 44.6 Å². The normalized spacial score (nSPS) is 16.0. The summed E-state index contributed by atoms with van der Waals surface area (Å²) in [5, 5.41) is 15.6. The van der Waals surface area contributed by atoms with Gasteiger partial charge in [-0.15, -0.1) is 0 Å². The van der Waals surface area contributed by atoms with Gasteiger partial charge < -0.3 is 38.9 Å². The van der Waals surface area contributed by atoms with E-state index in [0.29, 0.717) is 86.3 Å². The van der Waals surface area contributed by atoms with Gasteiger partial charge >= 0.3 is 5.97 Å². The number of hydrogen-bond acceptors (Lipinski definition) is 8. The largest absolute Gasteiger partial charge is 0.475 e. The van der Waals surface area contributed by atoms with E-state index in [1.54, 1.807) is 47.4 Å². The molecular weight excluding hydrogens is 1050 g/mol. The lowest BCUT2D eigenvalue weighted by Crippen LogP contribution is -2.42. The first-order chi connectivity index (χ1) is 31.3. The van der Waals surface area contributed by atoms with Crippen LogP contribution in [0.25, 0.3) is 21.9 Å². The number of furan rings is 2. The predicted molar refractivity (Wildman–Crippen MR) is 263 cm³/mol. The number of benzene rings is 4. The Bertz CT molecular complexity index is 2750. The van der Waals surface area contributed by atoms with Crippen LogP contribution in [0.2, 0.25) is 20.1 Å². The molecule has 6 aromatic rings. The fourth-order valence-electron chi connectivity index (χ4n) is 8.49. The van der Waals surface area contributed by atoms with Gasteiger partial charge in [-0.3, -0.25) is 14.4 Å². The van der Waals surface area contributed by atoms with Gasteiger partial charge in [0.1, 0.15) is 11.2 Å². The number of fused-ring (bicyclic) bond motifs is 2. The maximum absolute atomic E-state index is 13.2. The van der Waals surface area contributed by atoms with Crippen LogP contribution >= 0.6 is 78.3 Å². The van der Waals surface area contributed by atoms with Crippen molar-refractivity contribution in [3.63, 3.8) is 0 Å². The highest BCUT2D eigenvalue weighted by Gasteiger charge is 2.29. The Morgan fingerprint density at radius 1 is 0.569 bits per heavy atom. The number of carbonyl (C=O) groups excluding carboxylic acids is 3. The second-order valence-electron chi connectivity index (χ2n) is 16.1. The molecule has 4 aromatic carbocycles. The first-order valence-electron chi connectivity index (χ1n) is 21.2. The molecular formula is C47H43Br2Cl4N5O7. The number of aromatic carboxylic acids is 1. The van der Waals surface area contributed by atoms with E-state index in [4.69, 9.17) is 60.3 Å². The van der Waals surface area contributed by atoms with Gasteiger partial charge in [0.25, 0.3) is 17.7 Å². The van der Waals surface area contributed by atoms with E-state index in [1.807, 2.05) is 34.1 Å². The van der Waals surface area contributed by atoms with E-state index < -0.39 is 5.97 Å². The van der Waals surface area contributed by atoms with Crippen molar-refractivity contribution in [1.29, 1.82) is 0 Å². The van der Waals surface area contributed by atoms with Gasteiger partial charge in [-0.25, -0.2) is 4.79 Å². The van der Waals surface area contributed by atoms with Gasteiger partial charge in [-0.2, -0.15) is 0 Å². The van der Waals surface area contributed by atoms with Crippen molar-refractivity contribution in [2.24, 2.45) is 0 Å². The molecule has 2 aromatic heterocycles. The average Bonchev–Trinajstić information content (AvgIpc) is 3.87. The summed E-state index contributed by atoms with van der Waals surface area (Å²) >= 11 is 32.2. The van der Waals surface area contributed by atoms with Gasteiger partial charge in [0.05, 0.1) is 45.9 Å². The quantitative estimate of drug-likeness (QED) is 0.160. The highest BCUT2D eigenvalue weighted by molar-refractivity contribution is 9.11. The number of likely N-dealkylation sites (tertiary alicyclic amines) is 2. The molecule has 0 radical (unpaired) electrons. The van der Waals surface area contributed by atoms with Gasteiger partial charge in [0.15, 0.2) is 5.76 Å². The zero-order chi connectivity index (χ0) is 45.9. The van der Waals surface area contributed by atoms with Crippen LogP contribution in [0, 0.1) is 0 Å². The molecule has 340 valence electrons. The number of piperidine rings is 2. The summed E-state index contributed by atoms with van der Waals surface area (Å²) in [7, 11) is 0. The van der Waals surface area contributed by atoms with E-state index in [2.05, 4.69) is 42.1 Å². The molecule has 3 fully saturated rings. The Hall–Kier alpha value is -4.44. The summed E-state index contributed by atoms with van der Waals surface area (Å²) < 4.78 is 12.9. The van der Waals surface area contributed by atoms with Crippen LogP contribution in [0.3, 0.4) is 0 Å².